The van der Waals surface area contributed by atoms with E-state index in [0.717, 1.165) is 35.7 Å². The Balaban J connectivity index is 2.06. The molecule has 0 saturated heterocycles. The minimum atomic E-state index is -0.269. The van der Waals surface area contributed by atoms with E-state index < -0.39 is 0 Å². The predicted molar refractivity (Wildman–Crippen MR) is 90.7 cm³/mol. The Morgan fingerprint density at radius 2 is 2.09 bits per heavy atom. The summed E-state index contributed by atoms with van der Waals surface area (Å²) in [5.41, 5.74) is 1.64. The van der Waals surface area contributed by atoms with Crippen LogP contribution in [0, 0.1) is 24.2 Å². The molecule has 2 atom stereocenters. The molecule has 0 aromatic heterocycles. The van der Waals surface area contributed by atoms with E-state index in [4.69, 9.17) is 5.26 Å². The maximum absolute atomic E-state index is 12.4. The van der Waals surface area contributed by atoms with Gasteiger partial charge in [-0.3, -0.25) is 9.59 Å². The summed E-state index contributed by atoms with van der Waals surface area (Å²) in [5.74, 6) is -0.591. The number of nitrogens with zero attached hydrogens (tertiary/aromatic N) is 1. The van der Waals surface area contributed by atoms with Gasteiger partial charge in [0, 0.05) is 16.1 Å². The van der Waals surface area contributed by atoms with Crippen molar-refractivity contribution in [1.29, 1.82) is 5.26 Å². The Bertz CT molecular complexity index is 639. The van der Waals surface area contributed by atoms with Crippen molar-refractivity contribution in [3.8, 4) is 6.07 Å². The van der Waals surface area contributed by atoms with Crippen molar-refractivity contribution in [2.75, 3.05) is 6.54 Å². The smallest absolute Gasteiger partial charge is 0.251 e. The van der Waals surface area contributed by atoms with E-state index in [-0.39, 0.29) is 30.3 Å². The predicted octanol–water partition coefficient (Wildman–Crippen LogP) is 2.69. The number of carbonyl (C=O) groups excluding carboxylic acids is 2. The summed E-state index contributed by atoms with van der Waals surface area (Å²) in [5, 5.41) is 14.2. The molecule has 2 unspecified atom stereocenters. The van der Waals surface area contributed by atoms with Crippen LogP contribution in [0.5, 0.6) is 0 Å². The fourth-order valence-electron chi connectivity index (χ4n) is 2.86. The van der Waals surface area contributed by atoms with E-state index in [1.165, 1.54) is 0 Å². The number of nitrogens with one attached hydrogen (secondary N) is 2. The van der Waals surface area contributed by atoms with Crippen LogP contribution in [0.15, 0.2) is 22.7 Å². The zero-order chi connectivity index (χ0) is 16.8. The van der Waals surface area contributed by atoms with Crippen LogP contribution >= 0.6 is 15.9 Å². The van der Waals surface area contributed by atoms with E-state index >= 15 is 0 Å². The van der Waals surface area contributed by atoms with Gasteiger partial charge >= 0.3 is 0 Å². The number of hydrogen-bond donors (Lipinski definition) is 2. The third-order valence-corrected chi connectivity index (χ3v) is 5.05. The lowest BCUT2D eigenvalue weighted by Crippen LogP contribution is -2.48. The largest absolute Gasteiger partial charge is 0.349 e. The lowest BCUT2D eigenvalue weighted by Gasteiger charge is -2.31. The van der Waals surface area contributed by atoms with Gasteiger partial charge in [0.25, 0.3) is 5.91 Å². The molecule has 6 heteroatoms. The summed E-state index contributed by atoms with van der Waals surface area (Å²) in [7, 11) is 0. The summed E-state index contributed by atoms with van der Waals surface area (Å²) in [6.07, 6.45) is 3.47. The van der Waals surface area contributed by atoms with Crippen molar-refractivity contribution in [3.63, 3.8) is 0 Å². The summed E-state index contributed by atoms with van der Waals surface area (Å²) < 4.78 is 0.886. The highest BCUT2D eigenvalue weighted by atomic mass is 79.9. The first-order chi connectivity index (χ1) is 11.0. The van der Waals surface area contributed by atoms with Crippen molar-refractivity contribution in [3.05, 3.63) is 33.8 Å². The highest BCUT2D eigenvalue weighted by Crippen LogP contribution is 2.25. The Morgan fingerprint density at radius 3 is 2.78 bits per heavy atom. The summed E-state index contributed by atoms with van der Waals surface area (Å²) in [4.78, 5) is 24.6. The van der Waals surface area contributed by atoms with Gasteiger partial charge in [-0.1, -0.05) is 34.8 Å². The molecule has 1 aromatic carbocycles. The third kappa shape index (κ3) is 4.55. The van der Waals surface area contributed by atoms with Crippen molar-refractivity contribution >= 4 is 27.7 Å². The molecule has 2 N–H and O–H groups in total. The molecule has 0 radical (unpaired) electrons. The summed E-state index contributed by atoms with van der Waals surface area (Å²) in [6.45, 7) is 1.96. The van der Waals surface area contributed by atoms with Crippen LogP contribution in [0.25, 0.3) is 0 Å². The average molecular weight is 378 g/mol. The van der Waals surface area contributed by atoms with Crippen LogP contribution in [0.4, 0.5) is 0 Å². The molecule has 2 amide bonds. The number of nitriles is 1. The van der Waals surface area contributed by atoms with Crippen molar-refractivity contribution < 1.29 is 9.59 Å². The van der Waals surface area contributed by atoms with E-state index in [1.54, 1.807) is 12.1 Å². The van der Waals surface area contributed by atoms with Gasteiger partial charge in [-0.25, -0.2) is 0 Å². The van der Waals surface area contributed by atoms with E-state index in [1.807, 2.05) is 19.1 Å². The monoisotopic (exact) mass is 377 g/mol. The Morgan fingerprint density at radius 1 is 1.35 bits per heavy atom. The van der Waals surface area contributed by atoms with Crippen LogP contribution in [0.2, 0.25) is 0 Å². The Hall–Kier alpha value is -1.87. The molecule has 5 nitrogen and oxygen atoms in total. The van der Waals surface area contributed by atoms with Crippen LogP contribution in [0.1, 0.15) is 41.6 Å². The van der Waals surface area contributed by atoms with Crippen LogP contribution in [0.3, 0.4) is 0 Å². The zero-order valence-electron chi connectivity index (χ0n) is 13.1. The molecular weight excluding hydrogens is 358 g/mol. The fraction of sp³-hybridized carbons (Fsp3) is 0.471. The number of aryl methyl sites for hydroxylation is 1. The Kier molecular flexibility index (Phi) is 6.17. The topological polar surface area (TPSA) is 82.0 Å². The van der Waals surface area contributed by atoms with E-state index in [9.17, 15) is 9.59 Å². The van der Waals surface area contributed by atoms with Gasteiger partial charge in [0.15, 0.2) is 0 Å². The number of halogens is 1. The molecule has 122 valence electrons. The number of carbonyl (C=O) groups is 2. The number of benzene rings is 1. The van der Waals surface area contributed by atoms with Gasteiger partial charge < -0.3 is 10.6 Å². The normalized spacial score (nSPS) is 20.4. The highest BCUT2D eigenvalue weighted by molar-refractivity contribution is 9.10. The molecule has 0 spiro atoms. The fourth-order valence-corrected chi connectivity index (χ4v) is 3.24. The SMILES string of the molecule is Cc1ccc(C(=O)NC2CCCCC2C(=O)NCC#N)cc1Br. The lowest BCUT2D eigenvalue weighted by atomic mass is 9.83. The van der Waals surface area contributed by atoms with Gasteiger partial charge in [0.2, 0.25) is 5.91 Å². The highest BCUT2D eigenvalue weighted by Gasteiger charge is 2.32. The van der Waals surface area contributed by atoms with Crippen molar-refractivity contribution in [1.82, 2.24) is 10.6 Å². The van der Waals surface area contributed by atoms with Gasteiger partial charge in [-0.15, -0.1) is 0 Å². The van der Waals surface area contributed by atoms with Crippen LogP contribution < -0.4 is 10.6 Å². The first-order valence-electron chi connectivity index (χ1n) is 7.74. The van der Waals surface area contributed by atoms with Crippen molar-refractivity contribution in [2.45, 2.75) is 38.6 Å². The van der Waals surface area contributed by atoms with Gasteiger partial charge in [-0.05, 0) is 37.5 Å². The zero-order valence-corrected chi connectivity index (χ0v) is 14.6. The maximum atomic E-state index is 12.4. The second kappa shape index (κ2) is 8.11. The standard InChI is InChI=1S/C17H20BrN3O2/c1-11-6-7-12(10-14(11)18)16(22)21-15-5-3-2-4-13(15)17(23)20-9-8-19/h6-7,10,13,15H,2-5,9H2,1H3,(H,20,23)(H,21,22). The van der Waals surface area contributed by atoms with Crippen LogP contribution in [-0.4, -0.2) is 24.4 Å². The average Bonchev–Trinajstić information content (AvgIpc) is 2.55. The van der Waals surface area contributed by atoms with Crippen molar-refractivity contribution in [2.24, 2.45) is 5.92 Å². The number of rotatable bonds is 4. The molecule has 23 heavy (non-hydrogen) atoms. The van der Waals surface area contributed by atoms with Crippen LogP contribution in [-0.2, 0) is 4.79 Å². The first-order valence-corrected chi connectivity index (χ1v) is 8.54. The molecule has 1 aliphatic rings. The minimum Gasteiger partial charge on any atom is -0.349 e. The molecule has 1 saturated carbocycles. The maximum Gasteiger partial charge on any atom is 0.251 e. The second-order valence-corrected chi connectivity index (χ2v) is 6.67. The second-order valence-electron chi connectivity index (χ2n) is 5.81. The molecule has 0 heterocycles. The Labute approximate surface area is 144 Å². The van der Waals surface area contributed by atoms with Gasteiger partial charge in [0.1, 0.15) is 6.54 Å². The quantitative estimate of drug-likeness (QED) is 0.791. The molecule has 2 rings (SSSR count). The third-order valence-electron chi connectivity index (χ3n) is 4.19. The van der Waals surface area contributed by atoms with Gasteiger partial charge in [-0.2, -0.15) is 5.26 Å². The van der Waals surface area contributed by atoms with E-state index in [2.05, 4.69) is 26.6 Å². The number of amides is 2. The molecule has 1 aliphatic carbocycles. The molecule has 1 aromatic rings. The first kappa shape index (κ1) is 17.5. The summed E-state index contributed by atoms with van der Waals surface area (Å²) >= 11 is 3.43. The minimum absolute atomic E-state index is 0.000901. The summed E-state index contributed by atoms with van der Waals surface area (Å²) in [6, 6.07) is 7.18. The molecule has 0 bridgehead atoms. The van der Waals surface area contributed by atoms with E-state index in [0.29, 0.717) is 5.56 Å². The molecule has 1 fully saturated rings. The molecule has 0 aliphatic heterocycles. The lowest BCUT2D eigenvalue weighted by molar-refractivity contribution is -0.126. The number of hydrogen-bond acceptors (Lipinski definition) is 3. The molecular formula is C17H20BrN3O2. The van der Waals surface area contributed by atoms with Gasteiger partial charge in [0.05, 0.1) is 12.0 Å².